The van der Waals surface area contributed by atoms with E-state index in [1.807, 2.05) is 11.0 Å². The van der Waals surface area contributed by atoms with Crippen molar-refractivity contribution in [1.82, 2.24) is 10.2 Å². The Balaban J connectivity index is 1.41. The van der Waals surface area contributed by atoms with Crippen LogP contribution in [-0.4, -0.2) is 42.8 Å². The first-order chi connectivity index (χ1) is 9.84. The number of nitrogens with zero attached hydrogens (tertiary/aromatic N) is 1. The highest BCUT2D eigenvalue weighted by Crippen LogP contribution is 2.28. The maximum Gasteiger partial charge on any atom is 0.318 e. The number of carbonyl (C=O) groups excluding carboxylic acids is 1. The summed E-state index contributed by atoms with van der Waals surface area (Å²) in [5.74, 6) is 0. The fourth-order valence-electron chi connectivity index (χ4n) is 3.18. The van der Waals surface area contributed by atoms with E-state index >= 15 is 0 Å². The van der Waals surface area contributed by atoms with Gasteiger partial charge in [-0.05, 0) is 31.2 Å². The van der Waals surface area contributed by atoms with Crippen LogP contribution in [0.4, 0.5) is 4.79 Å². The second-order valence-corrected chi connectivity index (χ2v) is 5.65. The number of morpholine rings is 1. The highest BCUT2D eigenvalue weighted by atomic mass is 16.5. The highest BCUT2D eigenvalue weighted by Gasteiger charge is 2.40. The van der Waals surface area contributed by atoms with E-state index in [0.29, 0.717) is 25.3 Å². The van der Waals surface area contributed by atoms with Crippen molar-refractivity contribution in [2.45, 2.75) is 37.8 Å². The number of fused-ring (bicyclic) bond motifs is 2. The Morgan fingerprint density at radius 2 is 1.90 bits per heavy atom. The topological polar surface area (TPSA) is 41.6 Å². The first-order valence-electron chi connectivity index (χ1n) is 7.52. The molecule has 2 heterocycles. The minimum atomic E-state index is 0.0915. The zero-order valence-electron chi connectivity index (χ0n) is 11.8. The second kappa shape index (κ2) is 6.27. The van der Waals surface area contributed by atoms with Crippen molar-refractivity contribution >= 4 is 6.03 Å². The normalized spacial score (nSPS) is 24.7. The van der Waals surface area contributed by atoms with Crippen molar-refractivity contribution in [3.63, 3.8) is 0 Å². The van der Waals surface area contributed by atoms with Crippen LogP contribution in [0.1, 0.15) is 24.8 Å². The molecule has 2 amide bonds. The molecular formula is C16H22N2O2. The quantitative estimate of drug-likeness (QED) is 0.855. The van der Waals surface area contributed by atoms with Gasteiger partial charge in [0.05, 0.1) is 25.3 Å². The van der Waals surface area contributed by atoms with Crippen LogP contribution < -0.4 is 5.32 Å². The first kappa shape index (κ1) is 13.4. The van der Waals surface area contributed by atoms with Gasteiger partial charge in [0.15, 0.2) is 0 Å². The van der Waals surface area contributed by atoms with E-state index < -0.39 is 0 Å². The van der Waals surface area contributed by atoms with Crippen LogP contribution in [0, 0.1) is 0 Å². The minimum Gasteiger partial charge on any atom is -0.377 e. The van der Waals surface area contributed by atoms with Gasteiger partial charge in [0.1, 0.15) is 0 Å². The van der Waals surface area contributed by atoms with E-state index in [0.717, 1.165) is 32.2 Å². The summed E-state index contributed by atoms with van der Waals surface area (Å²) < 4.78 is 5.50. The molecule has 0 aromatic heterocycles. The standard InChI is InChI=1S/C16H22N2O2/c19-16(18-14-8-9-15(18)12-20-11-14)17-10-4-7-13-5-2-1-3-6-13/h1-3,5-6,14-15H,4,7-12H2,(H,17,19)/t14-,15-/m0/s1. The van der Waals surface area contributed by atoms with Crippen LogP contribution in [-0.2, 0) is 11.2 Å². The van der Waals surface area contributed by atoms with Crippen LogP contribution in [0.3, 0.4) is 0 Å². The van der Waals surface area contributed by atoms with Gasteiger partial charge >= 0.3 is 6.03 Å². The van der Waals surface area contributed by atoms with Crippen molar-refractivity contribution in [2.24, 2.45) is 0 Å². The Bertz CT molecular complexity index is 433. The summed E-state index contributed by atoms with van der Waals surface area (Å²) in [5.41, 5.74) is 1.33. The Morgan fingerprint density at radius 3 is 2.60 bits per heavy atom. The van der Waals surface area contributed by atoms with Crippen LogP contribution in [0.25, 0.3) is 0 Å². The molecule has 2 saturated heterocycles. The molecule has 20 heavy (non-hydrogen) atoms. The molecule has 3 rings (SSSR count). The summed E-state index contributed by atoms with van der Waals surface area (Å²) in [4.78, 5) is 14.2. The van der Waals surface area contributed by atoms with Crippen molar-refractivity contribution in [3.05, 3.63) is 35.9 Å². The summed E-state index contributed by atoms with van der Waals surface area (Å²) >= 11 is 0. The lowest BCUT2D eigenvalue weighted by Gasteiger charge is -2.34. The first-order valence-corrected chi connectivity index (χ1v) is 7.52. The number of aryl methyl sites for hydroxylation is 1. The van der Waals surface area contributed by atoms with E-state index in [4.69, 9.17) is 4.74 Å². The molecule has 0 saturated carbocycles. The van der Waals surface area contributed by atoms with Gasteiger partial charge in [-0.3, -0.25) is 0 Å². The molecule has 0 unspecified atom stereocenters. The molecule has 2 bridgehead atoms. The Morgan fingerprint density at radius 1 is 1.20 bits per heavy atom. The fraction of sp³-hybridized carbons (Fsp3) is 0.562. The van der Waals surface area contributed by atoms with E-state index in [2.05, 4.69) is 29.6 Å². The zero-order chi connectivity index (χ0) is 13.8. The predicted octanol–water partition coefficient (Wildman–Crippen LogP) is 2.19. The SMILES string of the molecule is O=C(NCCCc1ccccc1)N1[C@H]2CC[C@H]1COC2. The Kier molecular flexibility index (Phi) is 4.21. The second-order valence-electron chi connectivity index (χ2n) is 5.65. The maximum atomic E-state index is 12.2. The lowest BCUT2D eigenvalue weighted by molar-refractivity contribution is 0.00642. The summed E-state index contributed by atoms with van der Waals surface area (Å²) in [7, 11) is 0. The van der Waals surface area contributed by atoms with E-state index in [1.165, 1.54) is 5.56 Å². The zero-order valence-corrected chi connectivity index (χ0v) is 11.8. The van der Waals surface area contributed by atoms with Crippen LogP contribution >= 0.6 is 0 Å². The summed E-state index contributed by atoms with van der Waals surface area (Å²) in [6.07, 6.45) is 4.16. The summed E-state index contributed by atoms with van der Waals surface area (Å²) in [5, 5.41) is 3.05. The minimum absolute atomic E-state index is 0.0915. The van der Waals surface area contributed by atoms with Crippen molar-refractivity contribution in [1.29, 1.82) is 0 Å². The molecule has 2 atom stereocenters. The van der Waals surface area contributed by atoms with Crippen molar-refractivity contribution in [3.8, 4) is 0 Å². The average Bonchev–Trinajstić information content (AvgIpc) is 2.74. The summed E-state index contributed by atoms with van der Waals surface area (Å²) in [6.45, 7) is 2.15. The van der Waals surface area contributed by atoms with Crippen LogP contribution in [0.15, 0.2) is 30.3 Å². The van der Waals surface area contributed by atoms with Gasteiger partial charge in [0, 0.05) is 6.54 Å². The van der Waals surface area contributed by atoms with E-state index in [9.17, 15) is 4.79 Å². The van der Waals surface area contributed by atoms with Gasteiger partial charge in [-0.2, -0.15) is 0 Å². The number of nitrogens with one attached hydrogen (secondary N) is 1. The molecular weight excluding hydrogens is 252 g/mol. The molecule has 1 aromatic carbocycles. The number of ether oxygens (including phenoxy) is 1. The van der Waals surface area contributed by atoms with E-state index in [-0.39, 0.29) is 6.03 Å². The van der Waals surface area contributed by atoms with Gasteiger partial charge < -0.3 is 15.0 Å². The number of hydrogen-bond donors (Lipinski definition) is 1. The monoisotopic (exact) mass is 274 g/mol. The smallest absolute Gasteiger partial charge is 0.318 e. The maximum absolute atomic E-state index is 12.2. The molecule has 2 fully saturated rings. The molecule has 0 spiro atoms. The molecule has 108 valence electrons. The number of amides is 2. The highest BCUT2D eigenvalue weighted by molar-refractivity contribution is 5.75. The molecule has 1 aromatic rings. The summed E-state index contributed by atoms with van der Waals surface area (Å²) in [6, 6.07) is 11.1. The third-order valence-corrected chi connectivity index (χ3v) is 4.24. The van der Waals surface area contributed by atoms with E-state index in [1.54, 1.807) is 0 Å². The van der Waals surface area contributed by atoms with Gasteiger partial charge in [-0.15, -0.1) is 0 Å². The Hall–Kier alpha value is -1.55. The van der Waals surface area contributed by atoms with Crippen molar-refractivity contribution < 1.29 is 9.53 Å². The van der Waals surface area contributed by atoms with Crippen LogP contribution in [0.2, 0.25) is 0 Å². The number of hydrogen-bond acceptors (Lipinski definition) is 2. The number of carbonyl (C=O) groups is 1. The largest absolute Gasteiger partial charge is 0.377 e. The van der Waals surface area contributed by atoms with Crippen LogP contribution in [0.5, 0.6) is 0 Å². The number of urea groups is 1. The fourth-order valence-corrected chi connectivity index (χ4v) is 3.18. The molecule has 4 nitrogen and oxygen atoms in total. The lowest BCUT2D eigenvalue weighted by atomic mass is 10.1. The molecule has 0 aliphatic carbocycles. The number of benzene rings is 1. The van der Waals surface area contributed by atoms with Gasteiger partial charge in [-0.1, -0.05) is 30.3 Å². The molecule has 2 aliphatic heterocycles. The number of rotatable bonds is 4. The molecule has 1 N–H and O–H groups in total. The third kappa shape index (κ3) is 2.96. The molecule has 2 aliphatic rings. The van der Waals surface area contributed by atoms with Gasteiger partial charge in [-0.25, -0.2) is 4.79 Å². The van der Waals surface area contributed by atoms with Gasteiger partial charge in [0.25, 0.3) is 0 Å². The predicted molar refractivity (Wildman–Crippen MR) is 77.6 cm³/mol. The lowest BCUT2D eigenvalue weighted by Crippen LogP contribution is -2.53. The molecule has 4 heteroatoms. The average molecular weight is 274 g/mol. The van der Waals surface area contributed by atoms with Crippen molar-refractivity contribution in [2.75, 3.05) is 19.8 Å². The Labute approximate surface area is 120 Å². The van der Waals surface area contributed by atoms with Gasteiger partial charge in [0.2, 0.25) is 0 Å². The third-order valence-electron chi connectivity index (χ3n) is 4.24. The molecule has 0 radical (unpaired) electrons.